The zero-order chi connectivity index (χ0) is 27.7. The number of fused-ring (bicyclic) bond motifs is 6. The molecule has 0 N–H and O–H groups in total. The highest BCUT2D eigenvalue weighted by Crippen LogP contribution is 2.68. The summed E-state index contributed by atoms with van der Waals surface area (Å²) in [7, 11) is 0. The van der Waals surface area contributed by atoms with E-state index >= 15 is 0 Å². The number of rotatable bonds is 4. The Kier molecular flexibility index (Phi) is 6.68. The SMILES string of the molecule is CC(=O)n1ncc2c1C(C)(C)C1=CC[C@H]3[C@@H]4CC[C@H]([C@H](C)CCC(=O)N5CCOCC5)[C@@]4(C)CC[C@@H]3[C@@]1(C)C2. The molecule has 7 atom stereocenters. The van der Waals surface area contributed by atoms with Crippen LogP contribution in [0.15, 0.2) is 17.8 Å². The molecular weight excluding hydrogens is 486 g/mol. The second-order valence-corrected chi connectivity index (χ2v) is 14.6. The molecule has 5 aliphatic rings. The van der Waals surface area contributed by atoms with E-state index in [1.165, 1.54) is 37.7 Å². The van der Waals surface area contributed by atoms with Crippen LogP contribution in [0, 0.1) is 40.4 Å². The summed E-state index contributed by atoms with van der Waals surface area (Å²) in [6.07, 6.45) is 13.6. The minimum absolute atomic E-state index is 0.00779. The molecule has 1 aromatic heterocycles. The molecule has 6 heteroatoms. The van der Waals surface area contributed by atoms with E-state index in [0.29, 0.717) is 48.7 Å². The Morgan fingerprint density at radius 3 is 2.56 bits per heavy atom. The second-order valence-electron chi connectivity index (χ2n) is 14.6. The van der Waals surface area contributed by atoms with Crippen LogP contribution in [0.1, 0.15) is 103 Å². The number of amides is 1. The van der Waals surface area contributed by atoms with Gasteiger partial charge in [0, 0.05) is 31.8 Å². The maximum atomic E-state index is 12.9. The molecule has 6 nitrogen and oxygen atoms in total. The first-order chi connectivity index (χ1) is 18.5. The van der Waals surface area contributed by atoms with Gasteiger partial charge in [0.15, 0.2) is 0 Å². The topological polar surface area (TPSA) is 64.4 Å². The van der Waals surface area contributed by atoms with Crippen LogP contribution in [0.5, 0.6) is 0 Å². The van der Waals surface area contributed by atoms with Crippen LogP contribution in [0.2, 0.25) is 0 Å². The summed E-state index contributed by atoms with van der Waals surface area (Å²) in [5.41, 5.74) is 4.24. The van der Waals surface area contributed by atoms with Crippen LogP contribution in [0.3, 0.4) is 0 Å². The summed E-state index contributed by atoms with van der Waals surface area (Å²) in [5, 5.41) is 4.55. The van der Waals surface area contributed by atoms with Crippen molar-refractivity contribution >= 4 is 11.8 Å². The smallest absolute Gasteiger partial charge is 0.244 e. The molecule has 0 aromatic carbocycles. The lowest BCUT2D eigenvalue weighted by molar-refractivity contribution is -0.135. The van der Waals surface area contributed by atoms with Crippen molar-refractivity contribution in [3.05, 3.63) is 29.1 Å². The van der Waals surface area contributed by atoms with Gasteiger partial charge in [-0.15, -0.1) is 0 Å². The monoisotopic (exact) mass is 535 g/mol. The third-order valence-electron chi connectivity index (χ3n) is 12.4. The van der Waals surface area contributed by atoms with Crippen LogP contribution in [0.4, 0.5) is 0 Å². The van der Waals surface area contributed by atoms with Crippen LogP contribution < -0.4 is 0 Å². The van der Waals surface area contributed by atoms with E-state index in [1.807, 2.05) is 11.1 Å². The average molecular weight is 536 g/mol. The number of aromatic nitrogens is 2. The van der Waals surface area contributed by atoms with Gasteiger partial charge in [0.2, 0.25) is 11.8 Å². The van der Waals surface area contributed by atoms with E-state index < -0.39 is 0 Å². The maximum absolute atomic E-state index is 12.9. The number of morpholine rings is 1. The molecule has 3 fully saturated rings. The van der Waals surface area contributed by atoms with Crippen LogP contribution >= 0.6 is 0 Å². The Morgan fingerprint density at radius 1 is 1.10 bits per heavy atom. The molecule has 2 saturated carbocycles. The van der Waals surface area contributed by atoms with Gasteiger partial charge in [-0.25, -0.2) is 4.68 Å². The van der Waals surface area contributed by atoms with Crippen LogP contribution in [0.25, 0.3) is 0 Å². The van der Waals surface area contributed by atoms with Gasteiger partial charge in [-0.05, 0) is 90.9 Å². The van der Waals surface area contributed by atoms with E-state index in [4.69, 9.17) is 4.74 Å². The average Bonchev–Trinajstić information content (AvgIpc) is 3.49. The number of hydrogen-bond acceptors (Lipinski definition) is 4. The summed E-state index contributed by atoms with van der Waals surface area (Å²) < 4.78 is 7.10. The van der Waals surface area contributed by atoms with Crippen molar-refractivity contribution in [3.63, 3.8) is 0 Å². The van der Waals surface area contributed by atoms with Crippen molar-refractivity contribution in [1.29, 1.82) is 0 Å². The van der Waals surface area contributed by atoms with Gasteiger partial charge >= 0.3 is 0 Å². The highest BCUT2D eigenvalue weighted by Gasteiger charge is 2.61. The van der Waals surface area contributed by atoms with Gasteiger partial charge in [-0.3, -0.25) is 9.59 Å². The van der Waals surface area contributed by atoms with Crippen molar-refractivity contribution in [1.82, 2.24) is 14.7 Å². The van der Waals surface area contributed by atoms with Crippen molar-refractivity contribution in [2.24, 2.45) is 40.4 Å². The van der Waals surface area contributed by atoms with E-state index in [0.717, 1.165) is 43.5 Å². The summed E-state index contributed by atoms with van der Waals surface area (Å²) >= 11 is 0. The number of nitrogens with zero attached hydrogens (tertiary/aromatic N) is 3. The fourth-order valence-electron chi connectivity index (χ4n) is 10.7. The zero-order valence-corrected chi connectivity index (χ0v) is 25.1. The Balaban J connectivity index is 1.20. The molecule has 214 valence electrons. The molecular formula is C33H49N3O3. The first-order valence-corrected chi connectivity index (χ1v) is 15.6. The van der Waals surface area contributed by atoms with E-state index in [9.17, 15) is 9.59 Å². The van der Waals surface area contributed by atoms with Gasteiger partial charge in [0.05, 0.1) is 25.1 Å². The van der Waals surface area contributed by atoms with Crippen LogP contribution in [-0.4, -0.2) is 52.8 Å². The molecule has 0 radical (unpaired) electrons. The summed E-state index contributed by atoms with van der Waals surface area (Å²) in [6, 6.07) is 0. The summed E-state index contributed by atoms with van der Waals surface area (Å²) in [4.78, 5) is 27.3. The predicted molar refractivity (Wildman–Crippen MR) is 152 cm³/mol. The molecule has 0 bridgehead atoms. The van der Waals surface area contributed by atoms with Crippen LogP contribution in [-0.2, 0) is 21.4 Å². The quantitative estimate of drug-likeness (QED) is 0.441. The van der Waals surface area contributed by atoms with Gasteiger partial charge in [0.25, 0.3) is 0 Å². The molecule has 39 heavy (non-hydrogen) atoms. The zero-order valence-electron chi connectivity index (χ0n) is 25.1. The molecule has 2 heterocycles. The van der Waals surface area contributed by atoms with Gasteiger partial charge in [-0.2, -0.15) is 5.10 Å². The standard InChI is InChI=1S/C33H49N3O3/c1-21(7-12-29(38)35-15-17-39-18-16-35)25-9-10-26-24-8-11-28-31(3,4)30-23(20-34-36(30)22(2)37)19-33(28,6)27(24)13-14-32(25,26)5/h11,20-21,24-27H,7-10,12-19H2,1-6H3/t21-,24+,25-,26+,27+,32-,33-/m1/s1. The van der Waals surface area contributed by atoms with Crippen molar-refractivity contribution in [2.75, 3.05) is 26.3 Å². The van der Waals surface area contributed by atoms with Crippen molar-refractivity contribution in [2.45, 2.75) is 98.3 Å². The number of ether oxygens (including phenoxy) is 1. The number of hydrogen-bond donors (Lipinski definition) is 0. The molecule has 1 aliphatic heterocycles. The lowest BCUT2D eigenvalue weighted by Gasteiger charge is -2.60. The lowest BCUT2D eigenvalue weighted by Crippen LogP contribution is -2.54. The second kappa shape index (κ2) is 9.56. The highest BCUT2D eigenvalue weighted by molar-refractivity contribution is 5.77. The van der Waals surface area contributed by atoms with E-state index in [1.54, 1.807) is 17.2 Å². The van der Waals surface area contributed by atoms with Crippen molar-refractivity contribution in [3.8, 4) is 0 Å². The highest BCUT2D eigenvalue weighted by atomic mass is 16.5. The normalized spacial score (nSPS) is 37.7. The minimum Gasteiger partial charge on any atom is -0.378 e. The first-order valence-electron chi connectivity index (χ1n) is 15.6. The Labute approximate surface area is 234 Å². The van der Waals surface area contributed by atoms with E-state index in [2.05, 4.69) is 45.8 Å². The number of carbonyl (C=O) groups excluding carboxylic acids is 2. The molecule has 0 spiro atoms. The number of allylic oxidation sites excluding steroid dienone is 2. The Morgan fingerprint density at radius 2 is 1.85 bits per heavy atom. The largest absolute Gasteiger partial charge is 0.378 e. The lowest BCUT2D eigenvalue weighted by atomic mass is 9.44. The van der Waals surface area contributed by atoms with Crippen molar-refractivity contribution < 1.29 is 14.3 Å². The third-order valence-corrected chi connectivity index (χ3v) is 12.4. The predicted octanol–water partition coefficient (Wildman–Crippen LogP) is 6.05. The first kappa shape index (κ1) is 27.2. The Hall–Kier alpha value is -1.95. The molecule has 1 aromatic rings. The summed E-state index contributed by atoms with van der Waals surface area (Å²) in [5.74, 6) is 3.79. The summed E-state index contributed by atoms with van der Waals surface area (Å²) in [6.45, 7) is 16.7. The molecule has 0 unspecified atom stereocenters. The number of carbonyl (C=O) groups is 2. The third kappa shape index (κ3) is 4.09. The molecule has 6 rings (SSSR count). The van der Waals surface area contributed by atoms with Gasteiger partial charge in [0.1, 0.15) is 0 Å². The molecule has 1 saturated heterocycles. The fourth-order valence-corrected chi connectivity index (χ4v) is 10.7. The maximum Gasteiger partial charge on any atom is 0.244 e. The fraction of sp³-hybridized carbons (Fsp3) is 0.788. The minimum atomic E-state index is -0.185. The van der Waals surface area contributed by atoms with E-state index in [-0.39, 0.29) is 16.7 Å². The van der Waals surface area contributed by atoms with Gasteiger partial charge < -0.3 is 9.64 Å². The molecule has 4 aliphatic carbocycles. The molecule has 1 amide bonds. The van der Waals surface area contributed by atoms with Gasteiger partial charge in [-0.1, -0.05) is 46.3 Å². The Bertz CT molecular complexity index is 1180.